The van der Waals surface area contributed by atoms with Gasteiger partial charge < -0.3 is 9.73 Å². The molecular formula is C15H18ClNO. The molecule has 96 valence electrons. The SMILES string of the molecule is CC(CCc1ccco1)NCc1ccc(Cl)cc1. The summed E-state index contributed by atoms with van der Waals surface area (Å²) in [5.74, 6) is 1.05. The van der Waals surface area contributed by atoms with E-state index < -0.39 is 0 Å². The van der Waals surface area contributed by atoms with Crippen molar-refractivity contribution in [2.24, 2.45) is 0 Å². The Morgan fingerprint density at radius 1 is 1.22 bits per heavy atom. The lowest BCUT2D eigenvalue weighted by atomic mass is 10.1. The topological polar surface area (TPSA) is 25.2 Å². The second-order valence-corrected chi connectivity index (χ2v) is 4.96. The van der Waals surface area contributed by atoms with E-state index in [1.165, 1.54) is 5.56 Å². The van der Waals surface area contributed by atoms with Crippen LogP contribution < -0.4 is 5.32 Å². The second kappa shape index (κ2) is 6.62. The number of furan rings is 1. The van der Waals surface area contributed by atoms with Crippen molar-refractivity contribution in [3.63, 3.8) is 0 Å². The Morgan fingerprint density at radius 3 is 2.67 bits per heavy atom. The Labute approximate surface area is 113 Å². The number of aryl methyl sites for hydroxylation is 1. The molecule has 2 nitrogen and oxygen atoms in total. The fourth-order valence-electron chi connectivity index (χ4n) is 1.81. The summed E-state index contributed by atoms with van der Waals surface area (Å²) in [6.45, 7) is 3.06. The quantitative estimate of drug-likeness (QED) is 0.851. The molecule has 1 atom stereocenters. The molecule has 2 rings (SSSR count). The minimum Gasteiger partial charge on any atom is -0.469 e. The number of benzene rings is 1. The number of rotatable bonds is 6. The third-order valence-electron chi connectivity index (χ3n) is 2.97. The molecule has 0 aliphatic heterocycles. The molecule has 1 N–H and O–H groups in total. The van der Waals surface area contributed by atoms with Crippen molar-refractivity contribution in [2.75, 3.05) is 0 Å². The highest BCUT2D eigenvalue weighted by Crippen LogP contribution is 2.10. The number of hydrogen-bond donors (Lipinski definition) is 1. The standard InChI is InChI=1S/C15H18ClNO/c1-12(4-9-15-3-2-10-18-15)17-11-13-5-7-14(16)8-6-13/h2-3,5-8,10,12,17H,4,9,11H2,1H3. The molecule has 1 aromatic heterocycles. The fraction of sp³-hybridized carbons (Fsp3) is 0.333. The van der Waals surface area contributed by atoms with Crippen LogP contribution in [0.4, 0.5) is 0 Å². The van der Waals surface area contributed by atoms with Gasteiger partial charge in [0.05, 0.1) is 6.26 Å². The van der Waals surface area contributed by atoms with Crippen molar-refractivity contribution in [2.45, 2.75) is 32.4 Å². The first-order valence-electron chi connectivity index (χ1n) is 6.24. The zero-order chi connectivity index (χ0) is 12.8. The fourth-order valence-corrected chi connectivity index (χ4v) is 1.94. The van der Waals surface area contributed by atoms with Crippen LogP contribution in [0.5, 0.6) is 0 Å². The summed E-state index contributed by atoms with van der Waals surface area (Å²) < 4.78 is 5.32. The zero-order valence-electron chi connectivity index (χ0n) is 10.5. The third-order valence-corrected chi connectivity index (χ3v) is 3.22. The molecule has 2 aromatic rings. The van der Waals surface area contributed by atoms with E-state index in [4.69, 9.17) is 16.0 Å². The van der Waals surface area contributed by atoms with Crippen LogP contribution in [0.2, 0.25) is 5.02 Å². The molecule has 1 aromatic carbocycles. The first-order chi connectivity index (χ1) is 8.74. The highest BCUT2D eigenvalue weighted by Gasteiger charge is 2.03. The molecule has 0 fully saturated rings. The summed E-state index contributed by atoms with van der Waals surface area (Å²) >= 11 is 5.85. The Hall–Kier alpha value is -1.25. The van der Waals surface area contributed by atoms with Gasteiger partial charge in [-0.05, 0) is 43.2 Å². The zero-order valence-corrected chi connectivity index (χ0v) is 11.3. The van der Waals surface area contributed by atoms with E-state index in [1.807, 2.05) is 24.3 Å². The van der Waals surface area contributed by atoms with Crippen LogP contribution in [-0.4, -0.2) is 6.04 Å². The molecule has 0 radical (unpaired) electrons. The van der Waals surface area contributed by atoms with Crippen LogP contribution in [-0.2, 0) is 13.0 Å². The second-order valence-electron chi connectivity index (χ2n) is 4.53. The van der Waals surface area contributed by atoms with E-state index in [1.54, 1.807) is 6.26 Å². The lowest BCUT2D eigenvalue weighted by Gasteiger charge is -2.13. The first kappa shape index (κ1) is 13.2. The van der Waals surface area contributed by atoms with E-state index in [0.717, 1.165) is 30.2 Å². The molecule has 18 heavy (non-hydrogen) atoms. The molecule has 0 saturated carbocycles. The summed E-state index contributed by atoms with van der Waals surface area (Å²) in [6.07, 6.45) is 3.77. The molecular weight excluding hydrogens is 246 g/mol. The Kier molecular flexibility index (Phi) is 4.85. The average molecular weight is 264 g/mol. The normalized spacial score (nSPS) is 12.6. The van der Waals surface area contributed by atoms with E-state index in [0.29, 0.717) is 6.04 Å². The summed E-state index contributed by atoms with van der Waals surface area (Å²) in [6, 6.07) is 12.4. The van der Waals surface area contributed by atoms with Crippen LogP contribution >= 0.6 is 11.6 Å². The van der Waals surface area contributed by atoms with Gasteiger partial charge in [0.25, 0.3) is 0 Å². The summed E-state index contributed by atoms with van der Waals surface area (Å²) in [4.78, 5) is 0. The summed E-state index contributed by atoms with van der Waals surface area (Å²) in [7, 11) is 0. The van der Waals surface area contributed by atoms with Gasteiger partial charge in [0.15, 0.2) is 0 Å². The maximum atomic E-state index is 5.85. The molecule has 0 aliphatic rings. The maximum absolute atomic E-state index is 5.85. The van der Waals surface area contributed by atoms with Gasteiger partial charge in [0.2, 0.25) is 0 Å². The van der Waals surface area contributed by atoms with Gasteiger partial charge in [0, 0.05) is 24.0 Å². The lowest BCUT2D eigenvalue weighted by molar-refractivity contribution is 0.460. The van der Waals surface area contributed by atoms with Gasteiger partial charge in [-0.1, -0.05) is 23.7 Å². The van der Waals surface area contributed by atoms with Crippen molar-refractivity contribution in [1.82, 2.24) is 5.32 Å². The lowest BCUT2D eigenvalue weighted by Crippen LogP contribution is -2.25. The van der Waals surface area contributed by atoms with Crippen LogP contribution in [0.25, 0.3) is 0 Å². The minimum atomic E-state index is 0.464. The highest BCUT2D eigenvalue weighted by atomic mass is 35.5. The van der Waals surface area contributed by atoms with E-state index >= 15 is 0 Å². The Morgan fingerprint density at radius 2 is 2.00 bits per heavy atom. The molecule has 0 spiro atoms. The summed E-state index contributed by atoms with van der Waals surface area (Å²) in [5.41, 5.74) is 1.25. The molecule has 0 bridgehead atoms. The van der Waals surface area contributed by atoms with Gasteiger partial charge in [-0.2, -0.15) is 0 Å². The van der Waals surface area contributed by atoms with Crippen molar-refractivity contribution < 1.29 is 4.42 Å². The number of nitrogens with one attached hydrogen (secondary N) is 1. The molecule has 3 heteroatoms. The molecule has 0 amide bonds. The Bertz CT molecular complexity index is 450. The van der Waals surface area contributed by atoms with Crippen LogP contribution in [0, 0.1) is 0 Å². The molecule has 1 heterocycles. The monoisotopic (exact) mass is 263 g/mol. The van der Waals surface area contributed by atoms with Gasteiger partial charge in [-0.15, -0.1) is 0 Å². The van der Waals surface area contributed by atoms with Crippen molar-refractivity contribution >= 4 is 11.6 Å². The number of hydrogen-bond acceptors (Lipinski definition) is 2. The summed E-state index contributed by atoms with van der Waals surface area (Å²) in [5, 5.41) is 4.28. The maximum Gasteiger partial charge on any atom is 0.103 e. The van der Waals surface area contributed by atoms with Crippen molar-refractivity contribution in [3.05, 3.63) is 59.0 Å². The largest absolute Gasteiger partial charge is 0.469 e. The van der Waals surface area contributed by atoms with Crippen molar-refractivity contribution in [1.29, 1.82) is 0 Å². The Balaban J connectivity index is 1.71. The van der Waals surface area contributed by atoms with Gasteiger partial charge >= 0.3 is 0 Å². The van der Waals surface area contributed by atoms with Gasteiger partial charge in [0.1, 0.15) is 5.76 Å². The van der Waals surface area contributed by atoms with E-state index in [9.17, 15) is 0 Å². The average Bonchev–Trinajstić information content (AvgIpc) is 2.89. The first-order valence-corrected chi connectivity index (χ1v) is 6.62. The van der Waals surface area contributed by atoms with Crippen LogP contribution in [0.3, 0.4) is 0 Å². The third kappa shape index (κ3) is 4.21. The predicted octanol–water partition coefficient (Wildman–Crippen LogP) is 4.04. The molecule has 0 aliphatic carbocycles. The van der Waals surface area contributed by atoms with Gasteiger partial charge in [-0.25, -0.2) is 0 Å². The van der Waals surface area contributed by atoms with Crippen molar-refractivity contribution in [3.8, 4) is 0 Å². The van der Waals surface area contributed by atoms with E-state index in [-0.39, 0.29) is 0 Å². The predicted molar refractivity (Wildman–Crippen MR) is 74.8 cm³/mol. The minimum absolute atomic E-state index is 0.464. The molecule has 1 unspecified atom stereocenters. The number of halogens is 1. The van der Waals surface area contributed by atoms with Crippen LogP contribution in [0.1, 0.15) is 24.7 Å². The smallest absolute Gasteiger partial charge is 0.103 e. The molecule has 0 saturated heterocycles. The highest BCUT2D eigenvalue weighted by molar-refractivity contribution is 6.30. The van der Waals surface area contributed by atoms with Crippen LogP contribution in [0.15, 0.2) is 47.1 Å². The van der Waals surface area contributed by atoms with Gasteiger partial charge in [-0.3, -0.25) is 0 Å². The van der Waals surface area contributed by atoms with E-state index in [2.05, 4.69) is 24.4 Å².